The second kappa shape index (κ2) is 9.58. The van der Waals surface area contributed by atoms with E-state index in [-0.39, 0.29) is 58.2 Å². The topological polar surface area (TPSA) is 40.9 Å². The fraction of sp³-hybridized carbons (Fsp3) is 0.222. The Hall–Kier alpha value is 0.495. The van der Waals surface area contributed by atoms with Gasteiger partial charge >= 0.3 is 58.2 Å². The van der Waals surface area contributed by atoms with Gasteiger partial charge in [0.1, 0.15) is 0 Å². The first-order valence-corrected chi connectivity index (χ1v) is 3.36. The summed E-state index contributed by atoms with van der Waals surface area (Å²) in [5.41, 5.74) is 7.27. The molecule has 0 bridgehead atoms. The molecule has 12 heavy (non-hydrogen) atoms. The summed E-state index contributed by atoms with van der Waals surface area (Å²) in [4.78, 5) is 9.11. The first-order valence-electron chi connectivity index (χ1n) is 3.36. The van der Waals surface area contributed by atoms with Crippen LogP contribution in [0.3, 0.4) is 0 Å². The van der Waals surface area contributed by atoms with Gasteiger partial charge in [0, 0.05) is 5.91 Å². The first kappa shape index (κ1) is 15.0. The molecule has 0 atom stereocenters. The van der Waals surface area contributed by atoms with E-state index in [4.69, 9.17) is 10.5 Å². The standard InChI is InChI=1S/C7H8.C2H5NO.Rb/c1-7-5-3-2-4-6-7;1-2(3)4;/h2-6H,1H3;1H3,(H2,3,4);/q;;+1/p-1. The predicted octanol–water partition coefficient (Wildman–Crippen LogP) is -0.416. The van der Waals surface area contributed by atoms with Crippen LogP contribution in [0, 0.1) is 6.92 Å². The summed E-state index contributed by atoms with van der Waals surface area (Å²) in [6, 6.07) is 10.3. The van der Waals surface area contributed by atoms with Crippen molar-refractivity contribution in [2.75, 3.05) is 0 Å². The Kier molecular flexibility index (Phi) is 12.0. The third kappa shape index (κ3) is 13.1. The van der Waals surface area contributed by atoms with Crippen LogP contribution < -0.4 is 58.2 Å². The zero-order valence-electron chi connectivity index (χ0n) is 7.79. The molecule has 0 radical (unpaired) electrons. The van der Waals surface area contributed by atoms with Gasteiger partial charge in [-0.05, 0) is 13.8 Å². The van der Waals surface area contributed by atoms with Gasteiger partial charge in [0.05, 0.1) is 0 Å². The minimum atomic E-state index is -0.583. The summed E-state index contributed by atoms with van der Waals surface area (Å²) in [7, 11) is 0. The maximum atomic E-state index is 9.11. The van der Waals surface area contributed by atoms with Crippen molar-refractivity contribution in [3.63, 3.8) is 0 Å². The molecule has 0 heterocycles. The largest absolute Gasteiger partial charge is 1.00 e. The van der Waals surface area contributed by atoms with Crippen molar-refractivity contribution in [3.8, 4) is 0 Å². The molecule has 0 saturated heterocycles. The average Bonchev–Trinajstić information content (AvgIpc) is 1.87. The van der Waals surface area contributed by atoms with Crippen molar-refractivity contribution in [1.29, 1.82) is 0 Å². The zero-order chi connectivity index (χ0) is 8.69. The van der Waals surface area contributed by atoms with E-state index in [9.17, 15) is 0 Å². The number of carbonyl (C=O) groups excluding carboxylic acids is 1. The molecule has 1 aromatic rings. The minimum Gasteiger partial charge on any atom is -0.668 e. The molecule has 0 aliphatic rings. The van der Waals surface area contributed by atoms with Gasteiger partial charge < -0.3 is 10.5 Å². The summed E-state index contributed by atoms with van der Waals surface area (Å²) in [6.07, 6.45) is 0. The maximum Gasteiger partial charge on any atom is 1.00 e. The summed E-state index contributed by atoms with van der Waals surface area (Å²) < 4.78 is 0. The fourth-order valence-corrected chi connectivity index (χ4v) is 0.534. The van der Waals surface area contributed by atoms with Crippen LogP contribution >= 0.6 is 0 Å². The van der Waals surface area contributed by atoms with Crippen LogP contribution in [0.5, 0.6) is 0 Å². The van der Waals surface area contributed by atoms with E-state index in [0.29, 0.717) is 0 Å². The molecule has 2 nitrogen and oxygen atoms in total. The molecule has 1 amide bonds. The summed E-state index contributed by atoms with van der Waals surface area (Å²) in [5, 5.41) is 0. The van der Waals surface area contributed by atoms with Crippen molar-refractivity contribution in [2.24, 2.45) is 0 Å². The number of hydrogen-bond donors (Lipinski definition) is 0. The van der Waals surface area contributed by atoms with Crippen LogP contribution in [0.1, 0.15) is 12.5 Å². The summed E-state index contributed by atoms with van der Waals surface area (Å²) in [6.45, 7) is 3.28. The minimum absolute atomic E-state index is 0. The Morgan fingerprint density at radius 3 is 1.75 bits per heavy atom. The first-order chi connectivity index (χ1) is 5.13. The second-order valence-electron chi connectivity index (χ2n) is 2.21. The Labute approximate surface area is 122 Å². The van der Waals surface area contributed by atoms with E-state index in [1.54, 1.807) is 0 Å². The van der Waals surface area contributed by atoms with Gasteiger partial charge in [-0.3, -0.25) is 0 Å². The molecule has 60 valence electrons. The van der Waals surface area contributed by atoms with Crippen molar-refractivity contribution in [1.82, 2.24) is 0 Å². The smallest absolute Gasteiger partial charge is 0.668 e. The van der Waals surface area contributed by atoms with E-state index in [1.807, 2.05) is 18.2 Å². The Bertz CT molecular complexity index is 207. The summed E-state index contributed by atoms with van der Waals surface area (Å²) in [5.74, 6) is -0.583. The Balaban J connectivity index is 0. The monoisotopic (exact) mass is 235 g/mol. The van der Waals surface area contributed by atoms with Crippen LogP contribution in [0.25, 0.3) is 5.73 Å². The number of carbonyl (C=O) groups is 1. The Morgan fingerprint density at radius 2 is 1.58 bits per heavy atom. The molecular formula is C9H12NORb. The zero-order valence-corrected chi connectivity index (χ0v) is 12.7. The van der Waals surface area contributed by atoms with E-state index >= 15 is 0 Å². The predicted molar refractivity (Wildman–Crippen MR) is 46.2 cm³/mol. The molecular weight excluding hydrogens is 224 g/mol. The second-order valence-corrected chi connectivity index (χ2v) is 2.21. The Morgan fingerprint density at radius 1 is 1.25 bits per heavy atom. The molecule has 0 spiro atoms. The van der Waals surface area contributed by atoms with E-state index in [0.717, 1.165) is 0 Å². The molecule has 1 aromatic carbocycles. The van der Waals surface area contributed by atoms with Crippen molar-refractivity contribution in [2.45, 2.75) is 13.8 Å². The SMILES string of the molecule is CC([NH-])=O.Cc1ccccc1.[Rb+]. The summed E-state index contributed by atoms with van der Waals surface area (Å²) >= 11 is 0. The van der Waals surface area contributed by atoms with Gasteiger partial charge in [-0.1, -0.05) is 35.9 Å². The van der Waals surface area contributed by atoms with Crippen molar-refractivity contribution < 1.29 is 63.0 Å². The van der Waals surface area contributed by atoms with Crippen LogP contribution in [0.2, 0.25) is 0 Å². The molecule has 1 N–H and O–H groups in total. The molecule has 0 aromatic heterocycles. The number of benzene rings is 1. The van der Waals surface area contributed by atoms with Crippen LogP contribution in [0.4, 0.5) is 0 Å². The molecule has 0 unspecified atom stereocenters. The normalized spacial score (nSPS) is 7.17. The molecule has 0 saturated carbocycles. The number of amides is 1. The van der Waals surface area contributed by atoms with Crippen LogP contribution in [-0.2, 0) is 4.79 Å². The van der Waals surface area contributed by atoms with E-state index < -0.39 is 5.91 Å². The van der Waals surface area contributed by atoms with Crippen molar-refractivity contribution in [3.05, 3.63) is 41.6 Å². The van der Waals surface area contributed by atoms with Gasteiger partial charge in [-0.25, -0.2) is 0 Å². The molecule has 0 fully saturated rings. The van der Waals surface area contributed by atoms with Crippen LogP contribution in [0.15, 0.2) is 30.3 Å². The number of rotatable bonds is 0. The molecule has 3 heteroatoms. The maximum absolute atomic E-state index is 9.11. The van der Waals surface area contributed by atoms with Gasteiger partial charge in [0.15, 0.2) is 0 Å². The van der Waals surface area contributed by atoms with E-state index in [1.165, 1.54) is 12.5 Å². The van der Waals surface area contributed by atoms with Gasteiger partial charge in [-0.2, -0.15) is 0 Å². The molecule has 1 rings (SSSR count). The molecule has 0 aliphatic heterocycles. The van der Waals surface area contributed by atoms with Gasteiger partial charge in [0.2, 0.25) is 0 Å². The quantitative estimate of drug-likeness (QED) is 0.603. The number of nitrogens with one attached hydrogen (secondary N) is 1. The van der Waals surface area contributed by atoms with E-state index in [2.05, 4.69) is 19.1 Å². The molecule has 0 aliphatic carbocycles. The van der Waals surface area contributed by atoms with Crippen molar-refractivity contribution >= 4 is 5.91 Å². The third-order valence-electron chi connectivity index (χ3n) is 0.940. The van der Waals surface area contributed by atoms with Gasteiger partial charge in [0.25, 0.3) is 0 Å². The number of aryl methyl sites for hydroxylation is 1. The fourth-order valence-electron chi connectivity index (χ4n) is 0.534. The van der Waals surface area contributed by atoms with Gasteiger partial charge in [-0.15, -0.1) is 0 Å². The third-order valence-corrected chi connectivity index (χ3v) is 0.940. The van der Waals surface area contributed by atoms with Crippen LogP contribution in [-0.4, -0.2) is 5.91 Å². The number of hydrogen-bond acceptors (Lipinski definition) is 1. The average molecular weight is 236 g/mol.